The molecule has 0 heterocycles. The minimum Gasteiger partial charge on any atom is -0.322 e. The standard InChI is InChI=1S/C12H14FN/c1-12(2,14)9-7-6-8-4-3-5-10(13)11(8)9/h3-5,7H,6,14H2,1-2H3. The summed E-state index contributed by atoms with van der Waals surface area (Å²) in [6.07, 6.45) is 2.82. The normalized spacial score (nSPS) is 15.3. The predicted octanol–water partition coefficient (Wildman–Crippen LogP) is 2.50. The SMILES string of the molecule is CC(C)(N)C1=CCc2cccc(F)c21. The van der Waals surface area contributed by atoms with Crippen molar-refractivity contribution in [2.45, 2.75) is 25.8 Å². The smallest absolute Gasteiger partial charge is 0.131 e. The molecule has 74 valence electrons. The molecule has 0 bridgehead atoms. The van der Waals surface area contributed by atoms with Crippen LogP contribution < -0.4 is 5.73 Å². The van der Waals surface area contributed by atoms with E-state index in [1.165, 1.54) is 6.07 Å². The van der Waals surface area contributed by atoms with Gasteiger partial charge in [0.15, 0.2) is 0 Å². The third kappa shape index (κ3) is 1.36. The van der Waals surface area contributed by atoms with E-state index in [0.29, 0.717) is 5.56 Å². The van der Waals surface area contributed by atoms with E-state index in [0.717, 1.165) is 17.6 Å². The average molecular weight is 191 g/mol. The fourth-order valence-electron chi connectivity index (χ4n) is 1.94. The summed E-state index contributed by atoms with van der Waals surface area (Å²) in [4.78, 5) is 0. The maximum atomic E-state index is 13.6. The van der Waals surface area contributed by atoms with E-state index in [2.05, 4.69) is 0 Å². The molecule has 0 aromatic heterocycles. The fourth-order valence-corrected chi connectivity index (χ4v) is 1.94. The van der Waals surface area contributed by atoms with E-state index < -0.39 is 5.54 Å². The fraction of sp³-hybridized carbons (Fsp3) is 0.333. The van der Waals surface area contributed by atoms with Gasteiger partial charge in [0.2, 0.25) is 0 Å². The maximum absolute atomic E-state index is 13.6. The quantitative estimate of drug-likeness (QED) is 0.725. The third-order valence-corrected chi connectivity index (χ3v) is 2.59. The Balaban J connectivity index is 2.56. The Bertz CT molecular complexity index is 399. The van der Waals surface area contributed by atoms with Crippen molar-refractivity contribution in [1.29, 1.82) is 0 Å². The first-order valence-corrected chi connectivity index (χ1v) is 4.77. The Morgan fingerprint density at radius 2 is 2.07 bits per heavy atom. The van der Waals surface area contributed by atoms with Crippen LogP contribution in [0.3, 0.4) is 0 Å². The van der Waals surface area contributed by atoms with Crippen molar-refractivity contribution in [3.05, 3.63) is 41.2 Å². The molecule has 1 aliphatic rings. The third-order valence-electron chi connectivity index (χ3n) is 2.59. The lowest BCUT2D eigenvalue weighted by Crippen LogP contribution is -2.33. The van der Waals surface area contributed by atoms with Crippen LogP contribution in [0.25, 0.3) is 5.57 Å². The van der Waals surface area contributed by atoms with Gasteiger partial charge in [-0.1, -0.05) is 18.2 Å². The molecule has 0 unspecified atom stereocenters. The second-order valence-corrected chi connectivity index (χ2v) is 4.32. The van der Waals surface area contributed by atoms with Gasteiger partial charge in [-0.2, -0.15) is 0 Å². The Labute approximate surface area is 83.4 Å². The molecule has 0 aliphatic heterocycles. The van der Waals surface area contributed by atoms with Gasteiger partial charge in [-0.05, 0) is 37.5 Å². The average Bonchev–Trinajstić information content (AvgIpc) is 2.47. The van der Waals surface area contributed by atoms with Crippen molar-refractivity contribution < 1.29 is 4.39 Å². The van der Waals surface area contributed by atoms with E-state index in [1.54, 1.807) is 6.07 Å². The molecule has 0 saturated heterocycles. The van der Waals surface area contributed by atoms with Gasteiger partial charge < -0.3 is 5.73 Å². The van der Waals surface area contributed by atoms with Crippen molar-refractivity contribution in [1.82, 2.24) is 0 Å². The minimum absolute atomic E-state index is 0.162. The Hall–Kier alpha value is -1.15. The van der Waals surface area contributed by atoms with E-state index in [4.69, 9.17) is 5.73 Å². The van der Waals surface area contributed by atoms with Crippen molar-refractivity contribution >= 4 is 5.57 Å². The highest BCUT2D eigenvalue weighted by molar-refractivity contribution is 5.78. The van der Waals surface area contributed by atoms with Gasteiger partial charge in [0.1, 0.15) is 5.82 Å². The molecule has 0 fully saturated rings. The van der Waals surface area contributed by atoms with E-state index in [-0.39, 0.29) is 5.82 Å². The van der Waals surface area contributed by atoms with Crippen LogP contribution >= 0.6 is 0 Å². The molecule has 1 nitrogen and oxygen atoms in total. The molecule has 0 radical (unpaired) electrons. The molecule has 0 spiro atoms. The van der Waals surface area contributed by atoms with Crippen LogP contribution in [-0.4, -0.2) is 5.54 Å². The second-order valence-electron chi connectivity index (χ2n) is 4.32. The molecule has 2 N–H and O–H groups in total. The number of hydrogen-bond acceptors (Lipinski definition) is 1. The highest BCUT2D eigenvalue weighted by atomic mass is 19.1. The van der Waals surface area contributed by atoms with Gasteiger partial charge in [0.05, 0.1) is 0 Å². The number of fused-ring (bicyclic) bond motifs is 1. The van der Waals surface area contributed by atoms with Gasteiger partial charge in [-0.3, -0.25) is 0 Å². The molecule has 1 aliphatic carbocycles. The topological polar surface area (TPSA) is 26.0 Å². The zero-order valence-electron chi connectivity index (χ0n) is 8.47. The molecule has 14 heavy (non-hydrogen) atoms. The summed E-state index contributed by atoms with van der Waals surface area (Å²) in [7, 11) is 0. The molecule has 0 saturated carbocycles. The number of halogens is 1. The Kier molecular flexibility index (Phi) is 1.96. The number of benzene rings is 1. The highest BCUT2D eigenvalue weighted by Gasteiger charge is 2.27. The van der Waals surface area contributed by atoms with Gasteiger partial charge in [0, 0.05) is 11.1 Å². The Morgan fingerprint density at radius 1 is 1.36 bits per heavy atom. The first kappa shape index (κ1) is 9.41. The number of hydrogen-bond donors (Lipinski definition) is 1. The van der Waals surface area contributed by atoms with Crippen molar-refractivity contribution in [3.8, 4) is 0 Å². The van der Waals surface area contributed by atoms with Crippen LogP contribution in [-0.2, 0) is 6.42 Å². The summed E-state index contributed by atoms with van der Waals surface area (Å²) in [5, 5.41) is 0. The van der Waals surface area contributed by atoms with Crippen LogP contribution in [0.2, 0.25) is 0 Å². The summed E-state index contributed by atoms with van der Waals surface area (Å²) in [5.74, 6) is -0.162. The van der Waals surface area contributed by atoms with E-state index >= 15 is 0 Å². The number of rotatable bonds is 1. The van der Waals surface area contributed by atoms with Crippen molar-refractivity contribution in [2.24, 2.45) is 5.73 Å². The monoisotopic (exact) mass is 191 g/mol. The lowest BCUT2D eigenvalue weighted by Gasteiger charge is -2.22. The molecular formula is C12H14FN. The summed E-state index contributed by atoms with van der Waals surface area (Å²) in [6.45, 7) is 3.81. The van der Waals surface area contributed by atoms with Crippen molar-refractivity contribution in [2.75, 3.05) is 0 Å². The summed E-state index contributed by atoms with van der Waals surface area (Å²) >= 11 is 0. The van der Waals surface area contributed by atoms with Crippen LogP contribution in [0, 0.1) is 5.82 Å². The van der Waals surface area contributed by atoms with E-state index in [9.17, 15) is 4.39 Å². The summed E-state index contributed by atoms with van der Waals surface area (Å²) < 4.78 is 13.6. The number of nitrogens with two attached hydrogens (primary N) is 1. The maximum Gasteiger partial charge on any atom is 0.131 e. The lowest BCUT2D eigenvalue weighted by molar-refractivity contribution is 0.612. The zero-order chi connectivity index (χ0) is 10.3. The van der Waals surface area contributed by atoms with Gasteiger partial charge in [0.25, 0.3) is 0 Å². The molecule has 2 heteroatoms. The molecule has 0 amide bonds. The van der Waals surface area contributed by atoms with Gasteiger partial charge in [-0.25, -0.2) is 4.39 Å². The largest absolute Gasteiger partial charge is 0.322 e. The van der Waals surface area contributed by atoms with Crippen LogP contribution in [0.15, 0.2) is 24.3 Å². The van der Waals surface area contributed by atoms with Crippen LogP contribution in [0.1, 0.15) is 25.0 Å². The molecule has 0 atom stereocenters. The Morgan fingerprint density at radius 3 is 2.71 bits per heavy atom. The predicted molar refractivity (Wildman–Crippen MR) is 56.3 cm³/mol. The molecule has 1 aromatic carbocycles. The van der Waals surface area contributed by atoms with Crippen molar-refractivity contribution in [3.63, 3.8) is 0 Å². The highest BCUT2D eigenvalue weighted by Crippen LogP contribution is 2.35. The number of allylic oxidation sites excluding steroid dienone is 1. The first-order chi connectivity index (χ1) is 6.50. The van der Waals surface area contributed by atoms with Crippen LogP contribution in [0.5, 0.6) is 0 Å². The molecular weight excluding hydrogens is 177 g/mol. The first-order valence-electron chi connectivity index (χ1n) is 4.77. The van der Waals surface area contributed by atoms with Gasteiger partial charge >= 0.3 is 0 Å². The molecule has 2 rings (SSSR count). The van der Waals surface area contributed by atoms with Gasteiger partial charge in [-0.15, -0.1) is 0 Å². The zero-order valence-corrected chi connectivity index (χ0v) is 8.47. The van der Waals surface area contributed by atoms with E-state index in [1.807, 2.05) is 26.0 Å². The van der Waals surface area contributed by atoms with Crippen LogP contribution in [0.4, 0.5) is 4.39 Å². The molecule has 1 aromatic rings. The summed E-state index contributed by atoms with van der Waals surface area (Å²) in [5.41, 5.74) is 8.20. The summed E-state index contributed by atoms with van der Waals surface area (Å²) in [6, 6.07) is 5.19. The lowest BCUT2D eigenvalue weighted by atomic mass is 9.90. The minimum atomic E-state index is -0.465. The second kappa shape index (κ2) is 2.92.